The minimum Gasteiger partial charge on any atom is -0.507 e. The number of hydrogen-bond acceptors (Lipinski definition) is 5. The van der Waals surface area contributed by atoms with Crippen LogP contribution in [0.3, 0.4) is 0 Å². The summed E-state index contributed by atoms with van der Waals surface area (Å²) in [5, 5.41) is 27.4. The van der Waals surface area contributed by atoms with Gasteiger partial charge in [-0.05, 0) is 42.8 Å². The molecule has 8 heteroatoms. The van der Waals surface area contributed by atoms with Gasteiger partial charge in [-0.2, -0.15) is 5.10 Å². The van der Waals surface area contributed by atoms with E-state index in [0.717, 1.165) is 11.3 Å². The number of ether oxygens (including phenoxy) is 1. The molecule has 7 nitrogen and oxygen atoms in total. The second kappa shape index (κ2) is 7.77. The topological polar surface area (TPSA) is 98.7 Å². The summed E-state index contributed by atoms with van der Waals surface area (Å²) < 4.78 is 5.51. The number of aromatic hydroxyl groups is 1. The number of nitrogens with one attached hydrogen (secondary N) is 1. The fourth-order valence-corrected chi connectivity index (χ4v) is 3.87. The lowest BCUT2D eigenvalue weighted by atomic mass is 9.95. The number of carbonyl (C=O) groups is 1. The molecule has 0 saturated heterocycles. The molecule has 1 aliphatic heterocycles. The van der Waals surface area contributed by atoms with E-state index in [1.165, 1.54) is 6.07 Å². The molecule has 1 aliphatic rings. The molecule has 0 radical (unpaired) electrons. The molecule has 0 spiro atoms. The number of carbonyl (C=O) groups excluding carboxylic acids is 1. The highest BCUT2D eigenvalue weighted by atomic mass is 35.5. The first kappa shape index (κ1) is 19.3. The first-order valence-corrected chi connectivity index (χ1v) is 9.64. The molecule has 3 N–H and O–H groups in total. The molecule has 4 rings (SSSR count). The maximum absolute atomic E-state index is 13.0. The first-order chi connectivity index (χ1) is 14.0. The van der Waals surface area contributed by atoms with Crippen molar-refractivity contribution < 1.29 is 19.7 Å². The maximum atomic E-state index is 13.0. The summed E-state index contributed by atoms with van der Waals surface area (Å²) in [4.78, 5) is 14.6. The summed E-state index contributed by atoms with van der Waals surface area (Å²) >= 11 is 6.12. The fourth-order valence-electron chi connectivity index (χ4n) is 3.70. The van der Waals surface area contributed by atoms with Crippen molar-refractivity contribution >= 4 is 17.5 Å². The summed E-state index contributed by atoms with van der Waals surface area (Å²) in [6.07, 6.45) is 0. The van der Waals surface area contributed by atoms with Gasteiger partial charge >= 0.3 is 0 Å². The van der Waals surface area contributed by atoms with Crippen LogP contribution in [0.4, 0.5) is 0 Å². The number of H-pyrrole nitrogens is 1. The zero-order valence-corrected chi connectivity index (χ0v) is 16.5. The predicted molar refractivity (Wildman–Crippen MR) is 108 cm³/mol. The molecule has 1 amide bonds. The molecule has 2 heterocycles. The second-order valence-corrected chi connectivity index (χ2v) is 7.09. The number of β-amino-alcohol motifs (C(OH)–C–C–N with tert-alkyl or cyclic N) is 1. The standard InChI is InChI=1S/C21H20ClN3O4/c1-2-29-14-6-3-12(4-7-14)20-17-18(15-11-13(22)5-8-16(15)27)23-24-19(17)21(28)25(20)9-10-26/h3-8,11,20,26-27H,2,9-10H2,1H3,(H,23,24). The molecule has 1 aromatic heterocycles. The zero-order valence-electron chi connectivity index (χ0n) is 15.7. The van der Waals surface area contributed by atoms with Crippen LogP contribution in [0.5, 0.6) is 11.5 Å². The number of nitrogens with zero attached hydrogens (tertiary/aromatic N) is 2. The Morgan fingerprint density at radius 3 is 2.69 bits per heavy atom. The van der Waals surface area contributed by atoms with Crippen LogP contribution in [0.2, 0.25) is 5.02 Å². The summed E-state index contributed by atoms with van der Waals surface area (Å²) in [5.74, 6) is 0.491. The molecule has 0 fully saturated rings. The van der Waals surface area contributed by atoms with Crippen LogP contribution in [-0.2, 0) is 0 Å². The van der Waals surface area contributed by atoms with Crippen LogP contribution in [0.25, 0.3) is 11.3 Å². The molecule has 0 bridgehead atoms. The zero-order chi connectivity index (χ0) is 20.5. The van der Waals surface area contributed by atoms with Crippen LogP contribution in [-0.4, -0.2) is 51.0 Å². The van der Waals surface area contributed by atoms with Crippen molar-refractivity contribution in [2.45, 2.75) is 13.0 Å². The Labute approximate surface area is 172 Å². The third-order valence-corrected chi connectivity index (χ3v) is 5.16. The first-order valence-electron chi connectivity index (χ1n) is 9.26. The van der Waals surface area contributed by atoms with E-state index in [9.17, 15) is 15.0 Å². The summed E-state index contributed by atoms with van der Waals surface area (Å²) in [6.45, 7) is 2.46. The van der Waals surface area contributed by atoms with Gasteiger partial charge in [0.15, 0.2) is 0 Å². The number of hydrogen-bond donors (Lipinski definition) is 3. The Balaban J connectivity index is 1.86. The lowest BCUT2D eigenvalue weighted by Crippen LogP contribution is -2.32. The van der Waals surface area contributed by atoms with E-state index in [2.05, 4.69) is 10.2 Å². The van der Waals surface area contributed by atoms with Gasteiger partial charge in [0.1, 0.15) is 22.9 Å². The molecule has 29 heavy (non-hydrogen) atoms. The third-order valence-electron chi connectivity index (χ3n) is 4.93. The van der Waals surface area contributed by atoms with Crippen molar-refractivity contribution in [3.63, 3.8) is 0 Å². The highest BCUT2D eigenvalue weighted by molar-refractivity contribution is 6.31. The van der Waals surface area contributed by atoms with E-state index in [1.54, 1.807) is 17.0 Å². The van der Waals surface area contributed by atoms with Crippen LogP contribution >= 0.6 is 11.6 Å². The third kappa shape index (κ3) is 3.32. The van der Waals surface area contributed by atoms with E-state index < -0.39 is 6.04 Å². The number of aliphatic hydroxyl groups excluding tert-OH is 1. The fraction of sp³-hybridized carbons (Fsp3) is 0.238. The number of aliphatic hydroxyl groups is 1. The number of phenolic OH excluding ortho intramolecular Hbond substituents is 1. The Morgan fingerprint density at radius 2 is 2.00 bits per heavy atom. The van der Waals surface area contributed by atoms with Crippen LogP contribution in [0, 0.1) is 0 Å². The number of aromatic amines is 1. The molecule has 0 aliphatic carbocycles. The monoisotopic (exact) mass is 413 g/mol. The maximum Gasteiger partial charge on any atom is 0.273 e. The average Bonchev–Trinajstić information content (AvgIpc) is 3.25. The molecule has 3 aromatic rings. The Kier molecular flexibility index (Phi) is 5.17. The van der Waals surface area contributed by atoms with Gasteiger partial charge in [-0.25, -0.2) is 0 Å². The van der Waals surface area contributed by atoms with E-state index in [0.29, 0.717) is 34.1 Å². The number of halogens is 1. The lowest BCUT2D eigenvalue weighted by molar-refractivity contribution is 0.0706. The van der Waals surface area contributed by atoms with Gasteiger partial charge in [0.2, 0.25) is 0 Å². The van der Waals surface area contributed by atoms with Crippen molar-refractivity contribution in [3.8, 4) is 22.8 Å². The van der Waals surface area contributed by atoms with Crippen molar-refractivity contribution in [1.29, 1.82) is 0 Å². The number of aromatic nitrogens is 2. The summed E-state index contributed by atoms with van der Waals surface area (Å²) in [6, 6.07) is 11.7. The minimum absolute atomic E-state index is 0.0159. The molecular formula is C21H20ClN3O4. The molecular weight excluding hydrogens is 394 g/mol. The molecule has 1 unspecified atom stereocenters. The van der Waals surface area contributed by atoms with Gasteiger partial charge in [-0.15, -0.1) is 0 Å². The van der Waals surface area contributed by atoms with E-state index >= 15 is 0 Å². The molecule has 2 aromatic carbocycles. The normalized spacial score (nSPS) is 15.6. The molecule has 0 saturated carbocycles. The predicted octanol–water partition coefficient (Wildman–Crippen LogP) is 3.37. The average molecular weight is 414 g/mol. The molecule has 1 atom stereocenters. The number of rotatable bonds is 6. The molecule has 150 valence electrons. The van der Waals surface area contributed by atoms with Gasteiger partial charge in [-0.1, -0.05) is 23.7 Å². The van der Waals surface area contributed by atoms with Gasteiger partial charge in [-0.3, -0.25) is 9.89 Å². The van der Waals surface area contributed by atoms with Gasteiger partial charge < -0.3 is 19.8 Å². The van der Waals surface area contributed by atoms with Crippen molar-refractivity contribution in [1.82, 2.24) is 15.1 Å². The quantitative estimate of drug-likeness (QED) is 0.575. The Hall–Kier alpha value is -3.03. The van der Waals surface area contributed by atoms with Crippen molar-refractivity contribution in [2.75, 3.05) is 19.8 Å². The number of fused-ring (bicyclic) bond motifs is 1. The smallest absolute Gasteiger partial charge is 0.273 e. The van der Waals surface area contributed by atoms with E-state index in [1.807, 2.05) is 31.2 Å². The van der Waals surface area contributed by atoms with Crippen LogP contribution < -0.4 is 4.74 Å². The minimum atomic E-state index is -0.465. The summed E-state index contributed by atoms with van der Waals surface area (Å²) in [7, 11) is 0. The summed E-state index contributed by atoms with van der Waals surface area (Å²) in [5.41, 5.74) is 2.72. The Morgan fingerprint density at radius 1 is 1.24 bits per heavy atom. The lowest BCUT2D eigenvalue weighted by Gasteiger charge is -2.25. The second-order valence-electron chi connectivity index (χ2n) is 6.65. The number of amides is 1. The number of phenols is 1. The van der Waals surface area contributed by atoms with Crippen molar-refractivity contribution in [3.05, 3.63) is 64.3 Å². The van der Waals surface area contributed by atoms with Crippen LogP contribution in [0.15, 0.2) is 42.5 Å². The largest absolute Gasteiger partial charge is 0.507 e. The van der Waals surface area contributed by atoms with Gasteiger partial charge in [0.25, 0.3) is 5.91 Å². The van der Waals surface area contributed by atoms with Crippen molar-refractivity contribution in [2.24, 2.45) is 0 Å². The highest BCUT2D eigenvalue weighted by Crippen LogP contribution is 2.44. The Bertz CT molecular complexity index is 1050. The van der Waals surface area contributed by atoms with E-state index in [-0.39, 0.29) is 24.8 Å². The van der Waals surface area contributed by atoms with Gasteiger partial charge in [0, 0.05) is 22.7 Å². The van der Waals surface area contributed by atoms with Gasteiger partial charge in [0.05, 0.1) is 19.3 Å². The number of benzene rings is 2. The SMILES string of the molecule is CCOc1ccc(C2c3c(-c4cc(Cl)ccc4O)n[nH]c3C(=O)N2CCO)cc1. The van der Waals surface area contributed by atoms with Crippen LogP contribution in [0.1, 0.15) is 34.6 Å². The highest BCUT2D eigenvalue weighted by Gasteiger charge is 2.42. The van der Waals surface area contributed by atoms with E-state index in [4.69, 9.17) is 16.3 Å².